The van der Waals surface area contributed by atoms with Gasteiger partial charge in [-0.15, -0.1) is 17.9 Å². The molecule has 0 spiro atoms. The molecular formula is C23H26N4O2S. The van der Waals surface area contributed by atoms with Crippen molar-refractivity contribution in [3.63, 3.8) is 0 Å². The Hall–Kier alpha value is -2.90. The second-order valence-electron chi connectivity index (χ2n) is 7.33. The third kappa shape index (κ3) is 3.91. The van der Waals surface area contributed by atoms with Crippen molar-refractivity contribution in [2.45, 2.75) is 6.92 Å². The number of anilines is 2. The molecule has 0 saturated carbocycles. The van der Waals surface area contributed by atoms with Gasteiger partial charge in [0.25, 0.3) is 11.8 Å². The van der Waals surface area contributed by atoms with E-state index in [0.29, 0.717) is 11.3 Å². The normalized spacial score (nSPS) is 17.8. The van der Waals surface area contributed by atoms with Gasteiger partial charge in [0.05, 0.1) is 5.57 Å². The number of piperazine rings is 1. The number of nitrogens with zero attached hydrogens (tertiary/aromatic N) is 3. The first-order valence-corrected chi connectivity index (χ1v) is 11.1. The Morgan fingerprint density at radius 3 is 2.40 bits per heavy atom. The van der Waals surface area contributed by atoms with Crippen LogP contribution in [0.4, 0.5) is 11.4 Å². The van der Waals surface area contributed by atoms with E-state index in [0.717, 1.165) is 43.3 Å². The van der Waals surface area contributed by atoms with Gasteiger partial charge < -0.3 is 15.1 Å². The predicted molar refractivity (Wildman–Crippen MR) is 123 cm³/mol. The number of likely N-dealkylation sites (N-methyl/N-ethyl adjacent to an activating group) is 1. The number of hydrogen-bond donors (Lipinski definition) is 1. The number of rotatable bonds is 7. The van der Waals surface area contributed by atoms with Gasteiger partial charge in [-0.25, -0.2) is 0 Å². The zero-order chi connectivity index (χ0) is 21.1. The molecule has 1 saturated heterocycles. The molecule has 2 amide bonds. The van der Waals surface area contributed by atoms with Crippen LogP contribution in [0.25, 0.3) is 5.57 Å². The van der Waals surface area contributed by atoms with E-state index in [9.17, 15) is 9.59 Å². The second-order valence-corrected chi connectivity index (χ2v) is 8.28. The van der Waals surface area contributed by atoms with Crippen LogP contribution < -0.4 is 10.2 Å². The molecule has 4 rings (SSSR count). The van der Waals surface area contributed by atoms with Gasteiger partial charge in [0, 0.05) is 49.0 Å². The topological polar surface area (TPSA) is 55.9 Å². The van der Waals surface area contributed by atoms with Crippen molar-refractivity contribution in [3.05, 3.63) is 65.0 Å². The molecule has 0 atom stereocenters. The Morgan fingerprint density at radius 1 is 1.07 bits per heavy atom. The maximum atomic E-state index is 12.9. The minimum atomic E-state index is -0.317. The smallest absolute Gasteiger partial charge is 0.278 e. The molecule has 6 nitrogen and oxygen atoms in total. The molecule has 1 aromatic heterocycles. The molecule has 1 aromatic carbocycles. The minimum absolute atomic E-state index is 0.195. The average Bonchev–Trinajstić information content (AvgIpc) is 3.38. The summed E-state index contributed by atoms with van der Waals surface area (Å²) in [6.07, 6.45) is 1.57. The highest BCUT2D eigenvalue weighted by Crippen LogP contribution is 2.33. The van der Waals surface area contributed by atoms with Crippen molar-refractivity contribution in [3.8, 4) is 0 Å². The van der Waals surface area contributed by atoms with E-state index in [2.05, 4.69) is 40.8 Å². The van der Waals surface area contributed by atoms with E-state index in [1.807, 2.05) is 29.6 Å². The molecule has 3 heterocycles. The molecule has 0 unspecified atom stereocenters. The van der Waals surface area contributed by atoms with Gasteiger partial charge in [-0.05, 0) is 42.3 Å². The number of benzene rings is 1. The van der Waals surface area contributed by atoms with Gasteiger partial charge in [0.1, 0.15) is 5.70 Å². The minimum Gasteiger partial charge on any atom is -0.369 e. The lowest BCUT2D eigenvalue weighted by Gasteiger charge is -2.35. The van der Waals surface area contributed by atoms with E-state index in [1.54, 1.807) is 6.08 Å². The highest BCUT2D eigenvalue weighted by molar-refractivity contribution is 7.11. The van der Waals surface area contributed by atoms with Crippen LogP contribution in [0.5, 0.6) is 0 Å². The predicted octanol–water partition coefficient (Wildman–Crippen LogP) is 3.27. The summed E-state index contributed by atoms with van der Waals surface area (Å²) in [5.74, 6) is -0.599. The molecule has 1 N–H and O–H groups in total. The molecule has 2 aliphatic rings. The zero-order valence-electron chi connectivity index (χ0n) is 17.1. The fourth-order valence-corrected chi connectivity index (χ4v) is 4.63. The van der Waals surface area contributed by atoms with E-state index in [-0.39, 0.29) is 18.4 Å². The van der Waals surface area contributed by atoms with Gasteiger partial charge >= 0.3 is 0 Å². The van der Waals surface area contributed by atoms with Crippen LogP contribution in [-0.2, 0) is 9.59 Å². The van der Waals surface area contributed by atoms with E-state index in [1.165, 1.54) is 21.9 Å². The number of carbonyl (C=O) groups is 2. The van der Waals surface area contributed by atoms with Crippen LogP contribution in [-0.4, -0.2) is 60.9 Å². The Balaban J connectivity index is 1.55. The fraction of sp³-hybridized carbons (Fsp3) is 0.304. The van der Waals surface area contributed by atoms with E-state index in [4.69, 9.17) is 0 Å². The van der Waals surface area contributed by atoms with Gasteiger partial charge in [-0.3, -0.25) is 14.5 Å². The number of nitrogens with one attached hydrogen (secondary N) is 1. The Kier molecular flexibility index (Phi) is 6.01. The standard InChI is InChI=1S/C23H26N4O2S/c1-3-11-27-22(28)20(19-6-5-16-30-19)21(23(27)29)24-17-7-9-18(10-8-17)26-14-12-25(4-2)13-15-26/h3,5-10,16,24H,1,4,11-15H2,2H3. The third-order valence-electron chi connectivity index (χ3n) is 5.57. The highest BCUT2D eigenvalue weighted by atomic mass is 32.1. The van der Waals surface area contributed by atoms with Crippen molar-refractivity contribution in [2.75, 3.05) is 49.5 Å². The van der Waals surface area contributed by atoms with Crippen molar-refractivity contribution >= 4 is 40.1 Å². The molecule has 2 aromatic rings. The van der Waals surface area contributed by atoms with Crippen LogP contribution in [0.2, 0.25) is 0 Å². The van der Waals surface area contributed by atoms with Gasteiger partial charge in [0.15, 0.2) is 0 Å². The summed E-state index contributed by atoms with van der Waals surface area (Å²) in [6, 6.07) is 11.8. The van der Waals surface area contributed by atoms with Crippen LogP contribution >= 0.6 is 11.3 Å². The van der Waals surface area contributed by atoms with Gasteiger partial charge in [-0.2, -0.15) is 0 Å². The summed E-state index contributed by atoms with van der Waals surface area (Å²) < 4.78 is 0. The highest BCUT2D eigenvalue weighted by Gasteiger charge is 2.39. The van der Waals surface area contributed by atoms with E-state index >= 15 is 0 Å². The van der Waals surface area contributed by atoms with E-state index < -0.39 is 0 Å². The van der Waals surface area contributed by atoms with Crippen LogP contribution in [0.3, 0.4) is 0 Å². The summed E-state index contributed by atoms with van der Waals surface area (Å²) in [7, 11) is 0. The number of thiophene rings is 1. The molecule has 30 heavy (non-hydrogen) atoms. The van der Waals surface area contributed by atoms with Crippen LogP contribution in [0.1, 0.15) is 11.8 Å². The van der Waals surface area contributed by atoms with Crippen LogP contribution in [0, 0.1) is 0 Å². The van der Waals surface area contributed by atoms with Crippen molar-refractivity contribution in [1.82, 2.24) is 9.80 Å². The van der Waals surface area contributed by atoms with Gasteiger partial charge in [0.2, 0.25) is 0 Å². The maximum Gasteiger partial charge on any atom is 0.278 e. The molecule has 1 fully saturated rings. The Bertz CT molecular complexity index is 958. The van der Waals surface area contributed by atoms with Crippen LogP contribution in [0.15, 0.2) is 60.1 Å². The zero-order valence-corrected chi connectivity index (χ0v) is 18.0. The maximum absolute atomic E-state index is 12.9. The Labute approximate surface area is 181 Å². The summed E-state index contributed by atoms with van der Waals surface area (Å²) in [5.41, 5.74) is 2.72. The first kappa shape index (κ1) is 20.4. The Morgan fingerprint density at radius 2 is 1.80 bits per heavy atom. The molecule has 7 heteroatoms. The number of imide groups is 1. The monoisotopic (exact) mass is 422 g/mol. The van der Waals surface area contributed by atoms with Crippen molar-refractivity contribution in [1.29, 1.82) is 0 Å². The lowest BCUT2D eigenvalue weighted by atomic mass is 10.1. The SMILES string of the molecule is C=CCN1C(=O)C(Nc2ccc(N3CCN(CC)CC3)cc2)=C(c2cccs2)C1=O. The molecular weight excluding hydrogens is 396 g/mol. The number of hydrogen-bond acceptors (Lipinski definition) is 6. The van der Waals surface area contributed by atoms with Gasteiger partial charge in [-0.1, -0.05) is 19.1 Å². The number of amides is 2. The summed E-state index contributed by atoms with van der Waals surface area (Å²) >= 11 is 1.45. The summed E-state index contributed by atoms with van der Waals surface area (Å²) in [6.45, 7) is 11.3. The lowest BCUT2D eigenvalue weighted by Crippen LogP contribution is -2.46. The largest absolute Gasteiger partial charge is 0.369 e. The molecule has 0 radical (unpaired) electrons. The first-order valence-electron chi connectivity index (χ1n) is 10.2. The quantitative estimate of drug-likeness (QED) is 0.548. The second kappa shape index (κ2) is 8.85. The van der Waals surface area contributed by atoms with Crippen molar-refractivity contribution in [2.24, 2.45) is 0 Å². The fourth-order valence-electron chi connectivity index (χ4n) is 3.86. The summed E-state index contributed by atoms with van der Waals surface area (Å²) in [5, 5.41) is 5.11. The molecule has 2 aliphatic heterocycles. The molecule has 0 bridgehead atoms. The van der Waals surface area contributed by atoms with Crippen molar-refractivity contribution < 1.29 is 9.59 Å². The molecule has 156 valence electrons. The third-order valence-corrected chi connectivity index (χ3v) is 6.46. The number of carbonyl (C=O) groups excluding carboxylic acids is 2. The summed E-state index contributed by atoms with van der Waals surface area (Å²) in [4.78, 5) is 32.6. The molecule has 0 aliphatic carbocycles. The lowest BCUT2D eigenvalue weighted by molar-refractivity contribution is -0.136. The average molecular weight is 423 g/mol. The first-order chi connectivity index (χ1) is 14.6.